The molecule has 1 aliphatic rings. The van der Waals surface area contributed by atoms with Crippen LogP contribution >= 0.6 is 0 Å². The molecule has 25 heavy (non-hydrogen) atoms. The van der Waals surface area contributed by atoms with Crippen molar-refractivity contribution >= 4 is 16.0 Å². The molecule has 1 aliphatic heterocycles. The van der Waals surface area contributed by atoms with Crippen LogP contribution in [0.4, 0.5) is 4.39 Å². The van der Waals surface area contributed by atoms with Crippen molar-refractivity contribution in [1.82, 2.24) is 4.31 Å². The SMILES string of the molecule is O=C(Oc1ccccc1F)C1CCN(S(=O)(=O)c2ccccc2)CC1. The maximum atomic E-state index is 13.6. The minimum absolute atomic E-state index is 0.105. The molecular formula is C18H18FNO4S. The molecule has 0 bridgehead atoms. The van der Waals surface area contributed by atoms with Crippen molar-refractivity contribution in [2.24, 2.45) is 5.92 Å². The highest BCUT2D eigenvalue weighted by molar-refractivity contribution is 7.89. The van der Waals surface area contributed by atoms with Gasteiger partial charge in [0.2, 0.25) is 10.0 Å². The van der Waals surface area contributed by atoms with Gasteiger partial charge in [0.15, 0.2) is 11.6 Å². The Kier molecular flexibility index (Phi) is 5.15. The first-order valence-corrected chi connectivity index (χ1v) is 9.44. The topological polar surface area (TPSA) is 63.7 Å². The van der Waals surface area contributed by atoms with Crippen LogP contribution in [-0.4, -0.2) is 31.8 Å². The molecule has 0 unspecified atom stereocenters. The van der Waals surface area contributed by atoms with E-state index in [2.05, 4.69) is 0 Å². The molecule has 0 spiro atoms. The minimum Gasteiger partial charge on any atom is -0.423 e. The first kappa shape index (κ1) is 17.6. The van der Waals surface area contributed by atoms with E-state index in [9.17, 15) is 17.6 Å². The number of carbonyl (C=O) groups excluding carboxylic acids is 1. The number of esters is 1. The van der Waals surface area contributed by atoms with Gasteiger partial charge >= 0.3 is 5.97 Å². The van der Waals surface area contributed by atoms with Crippen LogP contribution in [0.25, 0.3) is 0 Å². The fourth-order valence-electron chi connectivity index (χ4n) is 2.79. The molecule has 1 fully saturated rings. The Morgan fingerprint density at radius 2 is 1.60 bits per heavy atom. The first-order chi connectivity index (χ1) is 12.0. The Labute approximate surface area is 146 Å². The average Bonchev–Trinajstić information content (AvgIpc) is 2.64. The third-order valence-corrected chi connectivity index (χ3v) is 6.13. The van der Waals surface area contributed by atoms with Crippen LogP contribution in [0.5, 0.6) is 5.75 Å². The van der Waals surface area contributed by atoms with Gasteiger partial charge in [-0.25, -0.2) is 12.8 Å². The number of rotatable bonds is 4. The quantitative estimate of drug-likeness (QED) is 0.619. The number of carbonyl (C=O) groups is 1. The van der Waals surface area contributed by atoms with E-state index in [0.29, 0.717) is 12.8 Å². The molecule has 132 valence electrons. The van der Waals surface area contributed by atoms with E-state index < -0.39 is 27.7 Å². The lowest BCUT2D eigenvalue weighted by Crippen LogP contribution is -2.41. The molecule has 1 saturated heterocycles. The van der Waals surface area contributed by atoms with Gasteiger partial charge in [-0.2, -0.15) is 4.31 Å². The third-order valence-electron chi connectivity index (χ3n) is 4.22. The highest BCUT2D eigenvalue weighted by Crippen LogP contribution is 2.26. The summed E-state index contributed by atoms with van der Waals surface area (Å²) in [5.41, 5.74) is 0. The zero-order valence-electron chi connectivity index (χ0n) is 13.5. The van der Waals surface area contributed by atoms with Gasteiger partial charge in [0.05, 0.1) is 10.8 Å². The lowest BCUT2D eigenvalue weighted by molar-refractivity contribution is -0.140. The number of ether oxygens (including phenoxy) is 1. The monoisotopic (exact) mass is 363 g/mol. The number of hydrogen-bond donors (Lipinski definition) is 0. The number of hydrogen-bond acceptors (Lipinski definition) is 4. The number of piperidine rings is 1. The van der Waals surface area contributed by atoms with E-state index >= 15 is 0 Å². The molecule has 2 aromatic rings. The predicted molar refractivity (Wildman–Crippen MR) is 90.0 cm³/mol. The van der Waals surface area contributed by atoms with E-state index in [0.717, 1.165) is 0 Å². The molecule has 3 rings (SSSR count). The van der Waals surface area contributed by atoms with Gasteiger partial charge in [0.1, 0.15) is 0 Å². The van der Waals surface area contributed by atoms with Crippen LogP contribution in [-0.2, 0) is 14.8 Å². The van der Waals surface area contributed by atoms with Crippen molar-refractivity contribution in [3.05, 3.63) is 60.4 Å². The molecule has 2 aromatic carbocycles. The van der Waals surface area contributed by atoms with Crippen molar-refractivity contribution < 1.29 is 22.3 Å². The van der Waals surface area contributed by atoms with Crippen molar-refractivity contribution in [2.75, 3.05) is 13.1 Å². The third kappa shape index (κ3) is 3.88. The predicted octanol–water partition coefficient (Wildman–Crippen LogP) is 2.83. The second kappa shape index (κ2) is 7.33. The fourth-order valence-corrected chi connectivity index (χ4v) is 4.28. The Balaban J connectivity index is 1.62. The lowest BCUT2D eigenvalue weighted by Gasteiger charge is -2.30. The van der Waals surface area contributed by atoms with Crippen molar-refractivity contribution in [1.29, 1.82) is 0 Å². The van der Waals surface area contributed by atoms with Crippen molar-refractivity contribution in [3.63, 3.8) is 0 Å². The summed E-state index contributed by atoms with van der Waals surface area (Å²) in [6.45, 7) is 0.461. The number of benzene rings is 2. The van der Waals surface area contributed by atoms with Gasteiger partial charge in [-0.1, -0.05) is 30.3 Å². The second-order valence-corrected chi connectivity index (χ2v) is 7.78. The van der Waals surface area contributed by atoms with Crippen molar-refractivity contribution in [3.8, 4) is 5.75 Å². The Morgan fingerprint density at radius 1 is 1.00 bits per heavy atom. The number of nitrogens with zero attached hydrogens (tertiary/aromatic N) is 1. The molecular weight excluding hydrogens is 345 g/mol. The van der Waals surface area contributed by atoms with Gasteiger partial charge in [0, 0.05) is 13.1 Å². The van der Waals surface area contributed by atoms with E-state index in [1.165, 1.54) is 22.5 Å². The maximum Gasteiger partial charge on any atom is 0.314 e. The average molecular weight is 363 g/mol. The van der Waals surface area contributed by atoms with E-state index in [1.54, 1.807) is 36.4 Å². The molecule has 0 amide bonds. The van der Waals surface area contributed by atoms with Gasteiger partial charge in [-0.3, -0.25) is 4.79 Å². The summed E-state index contributed by atoms with van der Waals surface area (Å²) in [7, 11) is -3.56. The Hall–Kier alpha value is -2.25. The zero-order chi connectivity index (χ0) is 17.9. The summed E-state index contributed by atoms with van der Waals surface area (Å²) in [5, 5.41) is 0. The summed E-state index contributed by atoms with van der Waals surface area (Å²) in [5.74, 6) is -1.67. The first-order valence-electron chi connectivity index (χ1n) is 8.00. The van der Waals surface area contributed by atoms with Crippen LogP contribution in [0.15, 0.2) is 59.5 Å². The molecule has 0 N–H and O–H groups in total. The molecule has 0 saturated carbocycles. The Morgan fingerprint density at radius 3 is 2.24 bits per heavy atom. The van der Waals surface area contributed by atoms with Gasteiger partial charge < -0.3 is 4.74 Å². The number of halogens is 1. The van der Waals surface area contributed by atoms with Crippen LogP contribution < -0.4 is 4.74 Å². The molecule has 5 nitrogen and oxygen atoms in total. The summed E-state index contributed by atoms with van der Waals surface area (Å²) < 4.78 is 45.2. The van der Waals surface area contributed by atoms with Gasteiger partial charge in [-0.15, -0.1) is 0 Å². The molecule has 0 aliphatic carbocycles. The minimum atomic E-state index is -3.56. The maximum absolute atomic E-state index is 13.6. The highest BCUT2D eigenvalue weighted by Gasteiger charge is 2.33. The summed E-state index contributed by atoms with van der Waals surface area (Å²) >= 11 is 0. The summed E-state index contributed by atoms with van der Waals surface area (Å²) in [6.07, 6.45) is 0.693. The summed E-state index contributed by atoms with van der Waals surface area (Å²) in [4.78, 5) is 12.4. The highest BCUT2D eigenvalue weighted by atomic mass is 32.2. The largest absolute Gasteiger partial charge is 0.423 e. The normalized spacial score (nSPS) is 16.5. The lowest BCUT2D eigenvalue weighted by atomic mass is 9.98. The van der Waals surface area contributed by atoms with Gasteiger partial charge in [-0.05, 0) is 37.1 Å². The van der Waals surface area contributed by atoms with Crippen LogP contribution in [0.1, 0.15) is 12.8 Å². The molecule has 0 radical (unpaired) electrons. The number of sulfonamides is 1. The van der Waals surface area contributed by atoms with E-state index in [1.807, 2.05) is 0 Å². The number of para-hydroxylation sites is 1. The molecule has 7 heteroatoms. The second-order valence-electron chi connectivity index (χ2n) is 5.84. The van der Waals surface area contributed by atoms with E-state index in [-0.39, 0.29) is 23.7 Å². The molecule has 0 aromatic heterocycles. The molecule has 1 heterocycles. The van der Waals surface area contributed by atoms with E-state index in [4.69, 9.17) is 4.74 Å². The fraction of sp³-hybridized carbons (Fsp3) is 0.278. The molecule has 0 atom stereocenters. The standard InChI is InChI=1S/C18H18FNO4S/c19-16-8-4-5-9-17(16)24-18(21)14-10-12-20(13-11-14)25(22,23)15-6-2-1-3-7-15/h1-9,14H,10-13H2. The zero-order valence-corrected chi connectivity index (χ0v) is 14.3. The van der Waals surface area contributed by atoms with Crippen LogP contribution in [0.2, 0.25) is 0 Å². The van der Waals surface area contributed by atoms with Crippen molar-refractivity contribution in [2.45, 2.75) is 17.7 Å². The van der Waals surface area contributed by atoms with Crippen LogP contribution in [0, 0.1) is 11.7 Å². The summed E-state index contributed by atoms with van der Waals surface area (Å²) in [6, 6.07) is 13.9. The Bertz CT molecular complexity index is 846. The van der Waals surface area contributed by atoms with Gasteiger partial charge in [0.25, 0.3) is 0 Å². The smallest absolute Gasteiger partial charge is 0.314 e. The van der Waals surface area contributed by atoms with Crippen LogP contribution in [0.3, 0.4) is 0 Å².